The van der Waals surface area contributed by atoms with Crippen molar-refractivity contribution in [1.82, 2.24) is 4.90 Å². The molecule has 2 fully saturated rings. The number of benzene rings is 1. The Morgan fingerprint density at radius 3 is 2.77 bits per heavy atom. The van der Waals surface area contributed by atoms with Crippen molar-refractivity contribution in [1.29, 1.82) is 0 Å². The summed E-state index contributed by atoms with van der Waals surface area (Å²) in [7, 11) is 0. The summed E-state index contributed by atoms with van der Waals surface area (Å²) in [6, 6.07) is 4.73. The molecule has 3 aliphatic rings. The first kappa shape index (κ1) is 14.3. The minimum absolute atomic E-state index is 0.0629. The highest BCUT2D eigenvalue weighted by Crippen LogP contribution is 2.60. The largest absolute Gasteiger partial charge is 0.332 e. The van der Waals surface area contributed by atoms with Gasteiger partial charge in [0.1, 0.15) is 0 Å². The summed E-state index contributed by atoms with van der Waals surface area (Å²) in [5, 5.41) is 0. The smallest absolute Gasteiger partial charge is 0.223 e. The van der Waals surface area contributed by atoms with Crippen molar-refractivity contribution in [3.05, 3.63) is 34.4 Å². The van der Waals surface area contributed by atoms with Gasteiger partial charge in [0.05, 0.1) is 5.54 Å². The van der Waals surface area contributed by atoms with Gasteiger partial charge in [0.2, 0.25) is 5.91 Å². The predicted molar refractivity (Wildman–Crippen MR) is 87.4 cm³/mol. The van der Waals surface area contributed by atoms with E-state index in [1.807, 2.05) is 0 Å². The number of carbonyl (C=O) groups excluding carboxylic acids is 1. The van der Waals surface area contributed by atoms with E-state index in [9.17, 15) is 4.79 Å². The lowest BCUT2D eigenvalue weighted by atomic mass is 9.73. The molecule has 1 saturated carbocycles. The Morgan fingerprint density at radius 1 is 1.32 bits per heavy atom. The number of carbonyl (C=O) groups is 1. The van der Waals surface area contributed by atoms with E-state index in [0.29, 0.717) is 36.6 Å². The first-order valence-corrected chi connectivity index (χ1v) is 8.60. The van der Waals surface area contributed by atoms with E-state index < -0.39 is 0 Å². The van der Waals surface area contributed by atoms with E-state index in [0.717, 1.165) is 19.4 Å². The van der Waals surface area contributed by atoms with Gasteiger partial charge in [0, 0.05) is 13.0 Å². The number of rotatable bonds is 1. The van der Waals surface area contributed by atoms with Gasteiger partial charge in [-0.05, 0) is 73.2 Å². The fourth-order valence-electron chi connectivity index (χ4n) is 5.59. The standard InChI is InChI=1S/C19H26N2O/c1-11-6-14-4-5-21-18(22)8-17-15(10-20)13(3)9-19(17,21)16(14)7-12(11)2/h6-7,13,15,17H,4-5,8-10,20H2,1-3H3/t13-,15+,17-,19-/m0/s1. The monoisotopic (exact) mass is 298 g/mol. The topological polar surface area (TPSA) is 46.3 Å². The second kappa shape index (κ2) is 4.58. The van der Waals surface area contributed by atoms with Crippen LogP contribution in [-0.2, 0) is 16.8 Å². The van der Waals surface area contributed by atoms with Gasteiger partial charge in [-0.1, -0.05) is 19.1 Å². The van der Waals surface area contributed by atoms with E-state index in [4.69, 9.17) is 5.73 Å². The number of hydrogen-bond donors (Lipinski definition) is 1. The third-order valence-electron chi connectivity index (χ3n) is 6.73. The third-order valence-corrected chi connectivity index (χ3v) is 6.73. The van der Waals surface area contributed by atoms with E-state index >= 15 is 0 Å². The van der Waals surface area contributed by atoms with E-state index in [-0.39, 0.29) is 5.54 Å². The van der Waals surface area contributed by atoms with E-state index in [2.05, 4.69) is 37.8 Å². The lowest BCUT2D eigenvalue weighted by Crippen LogP contribution is -2.49. The minimum atomic E-state index is -0.0629. The van der Waals surface area contributed by atoms with E-state index in [1.165, 1.54) is 22.3 Å². The molecule has 1 aromatic rings. The van der Waals surface area contributed by atoms with Gasteiger partial charge in [0.25, 0.3) is 0 Å². The molecule has 0 radical (unpaired) electrons. The Hall–Kier alpha value is -1.35. The molecule has 1 spiro atoms. The fourth-order valence-corrected chi connectivity index (χ4v) is 5.59. The summed E-state index contributed by atoms with van der Waals surface area (Å²) in [5.41, 5.74) is 11.6. The van der Waals surface area contributed by atoms with Crippen LogP contribution in [-0.4, -0.2) is 23.9 Å². The Bertz CT molecular complexity index is 653. The maximum Gasteiger partial charge on any atom is 0.223 e. The molecule has 2 aliphatic heterocycles. The molecule has 118 valence electrons. The summed E-state index contributed by atoms with van der Waals surface area (Å²) in [6.45, 7) is 8.29. The maximum atomic E-state index is 12.6. The average molecular weight is 298 g/mol. The molecule has 0 unspecified atom stereocenters. The first-order chi connectivity index (χ1) is 10.5. The normalized spacial score (nSPS) is 36.3. The number of nitrogens with zero attached hydrogens (tertiary/aromatic N) is 1. The van der Waals surface area contributed by atoms with Gasteiger partial charge >= 0.3 is 0 Å². The van der Waals surface area contributed by atoms with Crippen LogP contribution in [0.2, 0.25) is 0 Å². The molecule has 0 aromatic heterocycles. The van der Waals surface area contributed by atoms with Crippen molar-refractivity contribution in [2.45, 2.75) is 45.6 Å². The van der Waals surface area contributed by atoms with Crippen LogP contribution >= 0.6 is 0 Å². The van der Waals surface area contributed by atoms with Gasteiger partial charge in [-0.3, -0.25) is 4.79 Å². The van der Waals surface area contributed by atoms with Crippen LogP contribution in [0.25, 0.3) is 0 Å². The Kier molecular flexibility index (Phi) is 2.96. The van der Waals surface area contributed by atoms with Crippen molar-refractivity contribution in [2.24, 2.45) is 23.5 Å². The fraction of sp³-hybridized carbons (Fsp3) is 0.632. The van der Waals surface area contributed by atoms with Crippen LogP contribution in [0.4, 0.5) is 0 Å². The molecule has 1 aromatic carbocycles. The van der Waals surface area contributed by atoms with Crippen LogP contribution in [0.1, 0.15) is 42.0 Å². The highest BCUT2D eigenvalue weighted by Gasteiger charge is 2.62. The zero-order chi connectivity index (χ0) is 15.6. The summed E-state index contributed by atoms with van der Waals surface area (Å²) in [6.07, 6.45) is 2.78. The van der Waals surface area contributed by atoms with Crippen LogP contribution in [0.3, 0.4) is 0 Å². The Morgan fingerprint density at radius 2 is 2.05 bits per heavy atom. The van der Waals surface area contributed by atoms with Gasteiger partial charge < -0.3 is 10.6 Å². The van der Waals surface area contributed by atoms with Crippen molar-refractivity contribution in [2.75, 3.05) is 13.1 Å². The molecular formula is C19H26N2O. The van der Waals surface area contributed by atoms with Gasteiger partial charge in [0.15, 0.2) is 0 Å². The molecule has 2 N–H and O–H groups in total. The Labute approximate surface area is 132 Å². The molecule has 0 bridgehead atoms. The summed E-state index contributed by atoms with van der Waals surface area (Å²) in [4.78, 5) is 14.8. The first-order valence-electron chi connectivity index (χ1n) is 8.60. The molecule has 4 atom stereocenters. The zero-order valence-electron chi connectivity index (χ0n) is 13.9. The lowest BCUT2D eigenvalue weighted by molar-refractivity contribution is -0.132. The second-order valence-electron chi connectivity index (χ2n) is 7.70. The molecule has 2 heterocycles. The van der Waals surface area contributed by atoms with Crippen LogP contribution < -0.4 is 5.73 Å². The van der Waals surface area contributed by atoms with Crippen LogP contribution in [0, 0.1) is 31.6 Å². The van der Waals surface area contributed by atoms with Gasteiger partial charge in [-0.15, -0.1) is 0 Å². The number of nitrogens with two attached hydrogens (primary N) is 1. The number of hydrogen-bond acceptors (Lipinski definition) is 2. The SMILES string of the molecule is Cc1cc2c(cc1C)[C@@]13C[C@H](C)[C@@H](CN)[C@@H]1CC(=O)N3CC2. The van der Waals surface area contributed by atoms with Gasteiger partial charge in [-0.2, -0.15) is 0 Å². The van der Waals surface area contributed by atoms with E-state index in [1.54, 1.807) is 0 Å². The molecule has 1 amide bonds. The molecule has 3 nitrogen and oxygen atoms in total. The molecular weight excluding hydrogens is 272 g/mol. The average Bonchev–Trinajstić information content (AvgIpc) is 2.89. The second-order valence-corrected chi connectivity index (χ2v) is 7.70. The predicted octanol–water partition coefficient (Wildman–Crippen LogP) is 2.52. The number of fused-ring (bicyclic) bond motifs is 1. The van der Waals surface area contributed by atoms with Crippen LogP contribution in [0.15, 0.2) is 12.1 Å². The highest BCUT2D eigenvalue weighted by atomic mass is 16.2. The van der Waals surface area contributed by atoms with Crippen LogP contribution in [0.5, 0.6) is 0 Å². The lowest BCUT2D eigenvalue weighted by Gasteiger charge is -2.45. The molecule has 22 heavy (non-hydrogen) atoms. The number of amides is 1. The zero-order valence-corrected chi connectivity index (χ0v) is 13.9. The molecule has 4 rings (SSSR count). The minimum Gasteiger partial charge on any atom is -0.332 e. The van der Waals surface area contributed by atoms with Crippen molar-refractivity contribution in [3.63, 3.8) is 0 Å². The van der Waals surface area contributed by atoms with Crippen molar-refractivity contribution in [3.8, 4) is 0 Å². The summed E-state index contributed by atoms with van der Waals surface area (Å²) in [5.74, 6) is 1.82. The molecule has 1 saturated heterocycles. The number of aryl methyl sites for hydroxylation is 2. The molecule has 1 aliphatic carbocycles. The van der Waals surface area contributed by atoms with Gasteiger partial charge in [-0.25, -0.2) is 0 Å². The summed E-state index contributed by atoms with van der Waals surface area (Å²) < 4.78 is 0. The van der Waals surface area contributed by atoms with Crippen molar-refractivity contribution < 1.29 is 4.79 Å². The van der Waals surface area contributed by atoms with Crippen molar-refractivity contribution >= 4 is 5.91 Å². The summed E-state index contributed by atoms with van der Waals surface area (Å²) >= 11 is 0. The third kappa shape index (κ3) is 1.58. The quantitative estimate of drug-likeness (QED) is 0.866. The molecule has 3 heteroatoms. The highest BCUT2D eigenvalue weighted by molar-refractivity contribution is 5.82. The maximum absolute atomic E-state index is 12.6. The Balaban J connectivity index is 1.94.